The second-order valence-corrected chi connectivity index (χ2v) is 6.59. The van der Waals surface area contributed by atoms with Crippen molar-refractivity contribution in [2.75, 3.05) is 6.54 Å². The molecule has 0 aliphatic heterocycles. The number of nitrogens with one attached hydrogen (secondary N) is 1. The zero-order valence-corrected chi connectivity index (χ0v) is 12.8. The highest BCUT2D eigenvalue weighted by Crippen LogP contribution is 2.17. The van der Waals surface area contributed by atoms with Gasteiger partial charge in [-0.15, -0.1) is 0 Å². The van der Waals surface area contributed by atoms with Crippen molar-refractivity contribution in [1.29, 1.82) is 0 Å². The Balaban J connectivity index is 2.93. The topological polar surface area (TPSA) is 72.2 Å². The van der Waals surface area contributed by atoms with E-state index in [0.717, 1.165) is 18.4 Å². The summed E-state index contributed by atoms with van der Waals surface area (Å²) in [5.74, 6) is 0. The van der Waals surface area contributed by atoms with Gasteiger partial charge in [-0.1, -0.05) is 39.0 Å². The van der Waals surface area contributed by atoms with Gasteiger partial charge in [0.25, 0.3) is 0 Å². The summed E-state index contributed by atoms with van der Waals surface area (Å²) in [5, 5.41) is 0. The molecule has 19 heavy (non-hydrogen) atoms. The third-order valence-electron chi connectivity index (χ3n) is 3.67. The Morgan fingerprint density at radius 3 is 2.26 bits per heavy atom. The molecule has 1 aromatic rings. The van der Waals surface area contributed by atoms with Crippen LogP contribution in [0.4, 0.5) is 0 Å². The number of benzene rings is 1. The molecule has 4 nitrogen and oxygen atoms in total. The van der Waals surface area contributed by atoms with Gasteiger partial charge in [0.2, 0.25) is 10.0 Å². The first-order chi connectivity index (χ1) is 8.88. The smallest absolute Gasteiger partial charge is 0.240 e. The lowest BCUT2D eigenvalue weighted by Gasteiger charge is -2.26. The van der Waals surface area contributed by atoms with Crippen molar-refractivity contribution >= 4 is 10.0 Å². The molecule has 0 saturated heterocycles. The fourth-order valence-electron chi connectivity index (χ4n) is 1.87. The molecule has 0 saturated carbocycles. The number of aryl methyl sites for hydroxylation is 1. The van der Waals surface area contributed by atoms with Crippen molar-refractivity contribution in [1.82, 2.24) is 4.72 Å². The van der Waals surface area contributed by atoms with Crippen molar-refractivity contribution in [3.63, 3.8) is 0 Å². The Morgan fingerprint density at radius 2 is 1.74 bits per heavy atom. The van der Waals surface area contributed by atoms with Crippen molar-refractivity contribution in [3.8, 4) is 0 Å². The summed E-state index contributed by atoms with van der Waals surface area (Å²) >= 11 is 0. The number of hydrogen-bond donors (Lipinski definition) is 2. The molecule has 3 N–H and O–H groups in total. The second kappa shape index (κ2) is 6.50. The number of rotatable bonds is 7. The molecule has 1 rings (SSSR count). The van der Waals surface area contributed by atoms with Crippen molar-refractivity contribution in [3.05, 3.63) is 29.8 Å². The molecular formula is C14H24N2O2S. The lowest BCUT2D eigenvalue weighted by atomic mass is 9.95. The van der Waals surface area contributed by atoms with Gasteiger partial charge in [0, 0.05) is 12.1 Å². The summed E-state index contributed by atoms with van der Waals surface area (Å²) in [6, 6.07) is 7.06. The van der Waals surface area contributed by atoms with Crippen LogP contribution in [0.5, 0.6) is 0 Å². The number of hydrogen-bond acceptors (Lipinski definition) is 3. The van der Waals surface area contributed by atoms with E-state index in [1.807, 2.05) is 32.9 Å². The van der Waals surface area contributed by atoms with Gasteiger partial charge >= 0.3 is 0 Å². The molecular weight excluding hydrogens is 260 g/mol. The summed E-state index contributed by atoms with van der Waals surface area (Å²) in [5.41, 5.74) is 6.47. The van der Waals surface area contributed by atoms with Gasteiger partial charge in [0.15, 0.2) is 0 Å². The molecule has 108 valence electrons. The summed E-state index contributed by atoms with van der Waals surface area (Å²) in [7, 11) is -3.49. The Hall–Kier alpha value is -0.910. The van der Waals surface area contributed by atoms with Gasteiger partial charge in [-0.05, 0) is 30.9 Å². The third-order valence-corrected chi connectivity index (χ3v) is 5.17. The lowest BCUT2D eigenvalue weighted by molar-refractivity contribution is 0.391. The first-order valence-corrected chi connectivity index (χ1v) is 8.23. The first kappa shape index (κ1) is 16.1. The summed E-state index contributed by atoms with van der Waals surface area (Å²) < 4.78 is 27.3. The van der Waals surface area contributed by atoms with E-state index in [9.17, 15) is 8.42 Å². The molecule has 0 amide bonds. The SMILES string of the molecule is CCc1ccccc1S(=O)(=O)NCC(N)(CC)CC. The van der Waals surface area contributed by atoms with E-state index in [0.29, 0.717) is 11.3 Å². The van der Waals surface area contributed by atoms with Crippen molar-refractivity contribution in [2.45, 2.75) is 50.5 Å². The maximum absolute atomic E-state index is 12.3. The average Bonchev–Trinajstić information content (AvgIpc) is 2.44. The Bertz CT molecular complexity index is 508. The largest absolute Gasteiger partial charge is 0.324 e. The van der Waals surface area contributed by atoms with E-state index in [4.69, 9.17) is 5.73 Å². The molecule has 5 heteroatoms. The molecule has 0 heterocycles. The molecule has 0 bridgehead atoms. The Morgan fingerprint density at radius 1 is 1.16 bits per heavy atom. The van der Waals surface area contributed by atoms with Crippen LogP contribution < -0.4 is 10.5 Å². The lowest BCUT2D eigenvalue weighted by Crippen LogP contribution is -2.49. The predicted octanol–water partition coefficient (Wildman–Crippen LogP) is 2.04. The molecule has 0 radical (unpaired) electrons. The molecule has 0 atom stereocenters. The first-order valence-electron chi connectivity index (χ1n) is 6.75. The van der Waals surface area contributed by atoms with Gasteiger partial charge in [-0.2, -0.15) is 0 Å². The predicted molar refractivity (Wildman–Crippen MR) is 78.5 cm³/mol. The second-order valence-electron chi connectivity index (χ2n) is 4.86. The minimum Gasteiger partial charge on any atom is -0.324 e. The highest BCUT2D eigenvalue weighted by atomic mass is 32.2. The van der Waals surface area contributed by atoms with Crippen molar-refractivity contribution < 1.29 is 8.42 Å². The van der Waals surface area contributed by atoms with E-state index in [-0.39, 0.29) is 6.54 Å². The van der Waals surface area contributed by atoms with Crippen LogP contribution in [0.1, 0.15) is 39.2 Å². The van der Waals surface area contributed by atoms with Gasteiger partial charge in [-0.25, -0.2) is 13.1 Å². The fourth-order valence-corrected chi connectivity index (χ4v) is 3.32. The van der Waals surface area contributed by atoms with E-state index in [2.05, 4.69) is 4.72 Å². The highest BCUT2D eigenvalue weighted by molar-refractivity contribution is 7.89. The van der Waals surface area contributed by atoms with Gasteiger partial charge in [0.1, 0.15) is 0 Å². The summed E-state index contributed by atoms with van der Waals surface area (Å²) in [4.78, 5) is 0.354. The van der Waals surface area contributed by atoms with E-state index < -0.39 is 15.6 Å². The van der Waals surface area contributed by atoms with Crippen LogP contribution in [0.2, 0.25) is 0 Å². The zero-order chi connectivity index (χ0) is 14.5. The van der Waals surface area contributed by atoms with Crippen LogP contribution in [0.25, 0.3) is 0 Å². The maximum atomic E-state index is 12.3. The molecule has 0 fully saturated rings. The van der Waals surface area contributed by atoms with Crippen LogP contribution in [-0.4, -0.2) is 20.5 Å². The number of nitrogens with two attached hydrogens (primary N) is 1. The summed E-state index contributed by atoms with van der Waals surface area (Å²) in [6.45, 7) is 6.15. The standard InChI is InChI=1S/C14H24N2O2S/c1-4-12-9-7-8-10-13(12)19(17,18)16-11-14(15,5-2)6-3/h7-10,16H,4-6,11,15H2,1-3H3. The van der Waals surface area contributed by atoms with E-state index in [1.54, 1.807) is 12.1 Å². The molecule has 0 aromatic heterocycles. The van der Waals surface area contributed by atoms with Crippen molar-refractivity contribution in [2.24, 2.45) is 5.73 Å². The summed E-state index contributed by atoms with van der Waals surface area (Å²) in [6.07, 6.45) is 2.16. The third kappa shape index (κ3) is 4.03. The average molecular weight is 284 g/mol. The van der Waals surface area contributed by atoms with Gasteiger partial charge in [0.05, 0.1) is 4.90 Å². The molecule has 1 aromatic carbocycles. The Kier molecular flexibility index (Phi) is 5.52. The minimum absolute atomic E-state index is 0.264. The van der Waals surface area contributed by atoms with E-state index in [1.165, 1.54) is 0 Å². The van der Waals surface area contributed by atoms with Crippen LogP contribution in [0.15, 0.2) is 29.2 Å². The molecule has 0 unspecified atom stereocenters. The molecule has 0 aliphatic carbocycles. The quantitative estimate of drug-likeness (QED) is 0.805. The van der Waals surface area contributed by atoms with Gasteiger partial charge in [-0.3, -0.25) is 0 Å². The monoisotopic (exact) mass is 284 g/mol. The Labute approximate surface area is 116 Å². The van der Waals surface area contributed by atoms with Crippen LogP contribution in [0.3, 0.4) is 0 Å². The fraction of sp³-hybridized carbons (Fsp3) is 0.571. The minimum atomic E-state index is -3.49. The molecule has 0 aliphatic rings. The maximum Gasteiger partial charge on any atom is 0.240 e. The number of sulfonamides is 1. The van der Waals surface area contributed by atoms with E-state index >= 15 is 0 Å². The molecule has 0 spiro atoms. The zero-order valence-electron chi connectivity index (χ0n) is 11.9. The highest BCUT2D eigenvalue weighted by Gasteiger charge is 2.24. The van der Waals surface area contributed by atoms with Crippen LogP contribution in [-0.2, 0) is 16.4 Å². The van der Waals surface area contributed by atoms with Gasteiger partial charge < -0.3 is 5.73 Å². The van der Waals surface area contributed by atoms with Crippen LogP contribution >= 0.6 is 0 Å². The van der Waals surface area contributed by atoms with Crippen LogP contribution in [0, 0.1) is 0 Å². The normalized spacial score (nSPS) is 12.6.